The van der Waals surface area contributed by atoms with E-state index in [1.165, 1.54) is 316 Å². The quantitative estimate of drug-likeness (QED) is 0.0182. The number of aliphatic hydroxyl groups is 1. The number of nitrogens with one attached hydrogen (secondary N) is 2. The lowest BCUT2D eigenvalue weighted by molar-refractivity contribution is -0.146. The average Bonchev–Trinajstić information content (AvgIpc) is 0.836. The second kappa shape index (κ2) is 78.4. The number of benzene rings is 1. The molecule has 0 radical (unpaired) electrons. The highest BCUT2D eigenvalue weighted by atomic mass is 16.6. The number of carbonyl (C=O) groups excluding carboxylic acids is 7. The molecule has 15 nitrogen and oxygen atoms in total. The van der Waals surface area contributed by atoms with Gasteiger partial charge in [0.05, 0.1) is 19.8 Å². The molecule has 4 unspecified atom stereocenters. The minimum absolute atomic E-state index is 0.0959. The summed E-state index contributed by atoms with van der Waals surface area (Å²) in [5.41, 5.74) is -1.01. The summed E-state index contributed by atoms with van der Waals surface area (Å²) in [5.74, 6) is 2.66. The van der Waals surface area contributed by atoms with Gasteiger partial charge in [-0.2, -0.15) is 0 Å². The summed E-state index contributed by atoms with van der Waals surface area (Å²) in [5, 5.41) is 16.1. The van der Waals surface area contributed by atoms with Gasteiger partial charge in [-0.25, -0.2) is 4.79 Å². The first-order valence-electron chi connectivity index (χ1n) is 47.9. The Morgan fingerprint density at radius 1 is 0.327 bits per heavy atom. The molecular formula is C98H176N2O13. The average molecular weight is 1590 g/mol. The smallest absolute Gasteiger partial charge is 0.330 e. The van der Waals surface area contributed by atoms with Crippen molar-refractivity contribution < 1.29 is 62.4 Å². The molecule has 0 aliphatic carbocycles. The SMILES string of the molecule is C=CC(=O)OCCCOC(=O)CCCCCOC(=O)CCCCCCCCC(CCCCCCCC)C(CCCCCCCC)CCCCCCCCC(=O)NCCNC(=O)CCCCCCCCC(CCCCCCCC)C(CCCCCCCC)CCCCCCCCC(=O)OCCOc1ccc(C(=O)C(C)(C)O)cc1. The number of esters is 4. The van der Waals surface area contributed by atoms with E-state index in [9.17, 15) is 38.7 Å². The molecule has 3 N–H and O–H groups in total. The minimum Gasteiger partial charge on any atom is -0.490 e. The lowest BCUT2D eigenvalue weighted by Crippen LogP contribution is -2.34. The Bertz CT molecular complexity index is 2410. The van der Waals surface area contributed by atoms with Gasteiger partial charge in [0.25, 0.3) is 0 Å². The van der Waals surface area contributed by atoms with Gasteiger partial charge in [-0.15, -0.1) is 0 Å². The molecule has 0 heterocycles. The molecule has 2 amide bonds. The number of hydrogen-bond acceptors (Lipinski definition) is 13. The monoisotopic (exact) mass is 1590 g/mol. The van der Waals surface area contributed by atoms with Crippen LogP contribution in [0.15, 0.2) is 36.9 Å². The van der Waals surface area contributed by atoms with Crippen LogP contribution in [0.4, 0.5) is 0 Å². The highest BCUT2D eigenvalue weighted by Crippen LogP contribution is 2.36. The summed E-state index contributed by atoms with van der Waals surface area (Å²) in [4.78, 5) is 85.9. The highest BCUT2D eigenvalue weighted by Gasteiger charge is 2.26. The third-order valence-corrected chi connectivity index (χ3v) is 23.2. The largest absolute Gasteiger partial charge is 0.490 e. The molecular weight excluding hydrogens is 1410 g/mol. The van der Waals surface area contributed by atoms with Gasteiger partial charge in [0.1, 0.15) is 24.6 Å². The zero-order valence-electron chi connectivity index (χ0n) is 74.2. The number of Topliss-reactive ketones (excluding diaryl/α,β-unsaturated/α-hetero) is 1. The fourth-order valence-corrected chi connectivity index (χ4v) is 16.2. The van der Waals surface area contributed by atoms with Crippen LogP contribution in [0.2, 0.25) is 0 Å². The molecule has 0 spiro atoms. The van der Waals surface area contributed by atoms with E-state index in [4.69, 9.17) is 23.7 Å². The third kappa shape index (κ3) is 67.9. The van der Waals surface area contributed by atoms with Crippen LogP contribution in [0.3, 0.4) is 0 Å². The van der Waals surface area contributed by atoms with Crippen LogP contribution >= 0.6 is 0 Å². The van der Waals surface area contributed by atoms with Crippen LogP contribution in [0.25, 0.3) is 0 Å². The van der Waals surface area contributed by atoms with Crippen LogP contribution in [0.1, 0.15) is 469 Å². The van der Waals surface area contributed by atoms with Crippen molar-refractivity contribution in [1.82, 2.24) is 10.6 Å². The topological polar surface area (TPSA) is 210 Å². The predicted molar refractivity (Wildman–Crippen MR) is 469 cm³/mol. The molecule has 113 heavy (non-hydrogen) atoms. The van der Waals surface area contributed by atoms with Gasteiger partial charge < -0.3 is 39.4 Å². The van der Waals surface area contributed by atoms with Crippen LogP contribution < -0.4 is 15.4 Å². The van der Waals surface area contributed by atoms with Crippen molar-refractivity contribution in [2.45, 2.75) is 464 Å². The summed E-state index contributed by atoms with van der Waals surface area (Å²) < 4.78 is 26.7. The maximum Gasteiger partial charge on any atom is 0.330 e. The summed E-state index contributed by atoms with van der Waals surface area (Å²) in [6.45, 7) is 17.7. The Kier molecular flexibility index (Phi) is 73.7. The maximum absolute atomic E-state index is 12.8. The van der Waals surface area contributed by atoms with E-state index >= 15 is 0 Å². The Balaban J connectivity index is 2.46. The first kappa shape index (κ1) is 106. The Morgan fingerprint density at radius 3 is 0.885 bits per heavy atom. The second-order valence-corrected chi connectivity index (χ2v) is 34.1. The predicted octanol–water partition coefficient (Wildman–Crippen LogP) is 26.5. The fraction of sp³-hybridized carbons (Fsp3) is 0.847. The van der Waals surface area contributed by atoms with Crippen LogP contribution in [0.5, 0.6) is 5.75 Å². The molecule has 1 aromatic rings. The summed E-state index contributed by atoms with van der Waals surface area (Å²) in [6.07, 6.45) is 77.4. The van der Waals surface area contributed by atoms with Crippen LogP contribution in [-0.4, -0.2) is 98.3 Å². The van der Waals surface area contributed by atoms with Crippen molar-refractivity contribution in [3.05, 3.63) is 42.5 Å². The molecule has 0 aliphatic heterocycles. The normalized spacial score (nSPS) is 12.6. The number of unbranched alkanes of at least 4 members (excludes halogenated alkanes) is 42. The summed E-state index contributed by atoms with van der Waals surface area (Å²) in [7, 11) is 0. The number of hydrogen-bond donors (Lipinski definition) is 3. The van der Waals surface area contributed by atoms with Crippen molar-refractivity contribution >= 4 is 41.5 Å². The van der Waals surface area contributed by atoms with Gasteiger partial charge in [-0.05, 0) is 107 Å². The van der Waals surface area contributed by atoms with E-state index in [1.54, 1.807) is 24.3 Å². The van der Waals surface area contributed by atoms with Gasteiger partial charge in [0.15, 0.2) is 5.78 Å². The first-order chi connectivity index (χ1) is 55.1. The van der Waals surface area contributed by atoms with E-state index in [2.05, 4.69) is 44.9 Å². The van der Waals surface area contributed by atoms with E-state index in [0.29, 0.717) is 76.0 Å². The number of rotatable bonds is 86. The summed E-state index contributed by atoms with van der Waals surface area (Å²) >= 11 is 0. The van der Waals surface area contributed by atoms with Crippen molar-refractivity contribution in [2.75, 3.05) is 46.1 Å². The fourth-order valence-electron chi connectivity index (χ4n) is 16.2. The molecule has 0 aliphatic rings. The highest BCUT2D eigenvalue weighted by molar-refractivity contribution is 6.01. The van der Waals surface area contributed by atoms with E-state index < -0.39 is 11.6 Å². The zero-order valence-corrected chi connectivity index (χ0v) is 74.2. The van der Waals surface area contributed by atoms with Gasteiger partial charge >= 0.3 is 23.9 Å². The Hall–Kier alpha value is -4.79. The molecule has 0 bridgehead atoms. The van der Waals surface area contributed by atoms with E-state index in [0.717, 1.165) is 100 Å². The molecule has 4 atom stereocenters. The minimum atomic E-state index is -1.43. The lowest BCUT2D eigenvalue weighted by atomic mass is 9.78. The van der Waals surface area contributed by atoms with Gasteiger partial charge in [-0.1, -0.05) is 368 Å². The van der Waals surface area contributed by atoms with Crippen molar-refractivity contribution in [2.24, 2.45) is 23.7 Å². The number of ether oxygens (including phenoxy) is 5. The molecule has 1 rings (SSSR count). The molecule has 15 heteroatoms. The molecule has 0 fully saturated rings. The first-order valence-corrected chi connectivity index (χ1v) is 47.9. The van der Waals surface area contributed by atoms with E-state index in [1.807, 2.05) is 0 Å². The second-order valence-electron chi connectivity index (χ2n) is 34.1. The zero-order chi connectivity index (χ0) is 82.4. The van der Waals surface area contributed by atoms with Crippen LogP contribution in [-0.2, 0) is 47.7 Å². The van der Waals surface area contributed by atoms with E-state index in [-0.39, 0.29) is 61.9 Å². The standard InChI is InChI=1S/C98H176N2O13/c1-8-13-17-21-33-46-61-85(87(63-48-35-23-19-15-10-3)67-52-39-27-31-43-56-71-94(104)111-80-59-45-58-73-95(105)112-82-60-81-110-93(103)12-5)65-50-37-25-29-41-54-69-91(101)99-78-79-100-92(102)70-55-42-30-26-38-51-66-86(62-47-34-22-18-14-9-2)88(64-49-36-24-20-16-11-4)68-53-40-28-32-44-57-72-96(106)113-84-83-109-90-76-74-89(75-77-90)97(107)98(6,7)108/h12,74-77,85-88,108H,5,8-11,13-73,78-84H2,1-4,6-7H3,(H,99,101)(H,100,102). The molecule has 656 valence electrons. The number of amides is 2. The Morgan fingerprint density at radius 2 is 0.584 bits per heavy atom. The Labute approximate surface area is 693 Å². The lowest BCUT2D eigenvalue weighted by Gasteiger charge is -2.28. The van der Waals surface area contributed by atoms with Gasteiger partial charge in [-0.3, -0.25) is 28.8 Å². The molecule has 1 aromatic carbocycles. The van der Waals surface area contributed by atoms with Gasteiger partial charge in [0, 0.05) is 63.3 Å². The van der Waals surface area contributed by atoms with Crippen molar-refractivity contribution in [3.8, 4) is 5.75 Å². The number of ketones is 1. The number of carbonyl (C=O) groups is 7. The molecule has 0 saturated heterocycles. The molecule has 0 aromatic heterocycles. The maximum atomic E-state index is 12.8. The van der Waals surface area contributed by atoms with Crippen molar-refractivity contribution in [3.63, 3.8) is 0 Å². The van der Waals surface area contributed by atoms with Crippen LogP contribution in [0, 0.1) is 23.7 Å². The third-order valence-electron chi connectivity index (χ3n) is 23.2. The molecule has 0 saturated carbocycles. The summed E-state index contributed by atoms with van der Waals surface area (Å²) in [6, 6.07) is 6.65. The van der Waals surface area contributed by atoms with Crippen molar-refractivity contribution in [1.29, 1.82) is 0 Å². The van der Waals surface area contributed by atoms with Gasteiger partial charge in [0.2, 0.25) is 11.8 Å².